The Morgan fingerprint density at radius 1 is 1.38 bits per heavy atom. The van der Waals surface area contributed by atoms with Crippen LogP contribution in [0.4, 0.5) is 4.79 Å². The standard InChI is InChI=1S/C7H11NO4S/c9-6(10)8-5-1-7(2-5)3-13(11,12)4-7/h5,8H,1-4H2,(H,9,10). The van der Waals surface area contributed by atoms with Gasteiger partial charge in [-0.25, -0.2) is 13.2 Å². The molecule has 1 saturated carbocycles. The molecule has 2 N–H and O–H groups in total. The van der Waals surface area contributed by atoms with Crippen molar-refractivity contribution in [1.29, 1.82) is 0 Å². The number of rotatable bonds is 1. The number of hydrogen-bond acceptors (Lipinski definition) is 3. The van der Waals surface area contributed by atoms with E-state index in [2.05, 4.69) is 5.32 Å². The molecule has 0 bridgehead atoms. The molecule has 74 valence electrons. The van der Waals surface area contributed by atoms with Crippen LogP contribution in [-0.2, 0) is 9.84 Å². The third-order valence-electron chi connectivity index (χ3n) is 2.74. The van der Waals surface area contributed by atoms with Gasteiger partial charge in [0.25, 0.3) is 0 Å². The van der Waals surface area contributed by atoms with Crippen LogP contribution in [0.5, 0.6) is 0 Å². The van der Waals surface area contributed by atoms with Crippen molar-refractivity contribution >= 4 is 15.9 Å². The van der Waals surface area contributed by atoms with Crippen molar-refractivity contribution in [3.05, 3.63) is 0 Å². The Labute approximate surface area is 76.0 Å². The van der Waals surface area contributed by atoms with Gasteiger partial charge in [-0.15, -0.1) is 0 Å². The van der Waals surface area contributed by atoms with Gasteiger partial charge in [-0.05, 0) is 12.8 Å². The summed E-state index contributed by atoms with van der Waals surface area (Å²) >= 11 is 0. The highest BCUT2D eigenvalue weighted by atomic mass is 32.2. The van der Waals surface area contributed by atoms with Crippen molar-refractivity contribution in [1.82, 2.24) is 5.32 Å². The largest absolute Gasteiger partial charge is 0.465 e. The van der Waals surface area contributed by atoms with Gasteiger partial charge in [-0.3, -0.25) is 0 Å². The predicted octanol–water partition coefficient (Wildman–Crippen LogP) is -0.169. The zero-order chi connectivity index (χ0) is 9.69. The van der Waals surface area contributed by atoms with E-state index in [1.807, 2.05) is 0 Å². The van der Waals surface area contributed by atoms with Crippen LogP contribution in [0, 0.1) is 5.41 Å². The summed E-state index contributed by atoms with van der Waals surface area (Å²) in [5.41, 5.74) is -0.0774. The number of nitrogens with one attached hydrogen (secondary N) is 1. The zero-order valence-electron chi connectivity index (χ0n) is 6.99. The summed E-state index contributed by atoms with van der Waals surface area (Å²) in [7, 11) is -2.78. The fourth-order valence-electron chi connectivity index (χ4n) is 2.39. The zero-order valence-corrected chi connectivity index (χ0v) is 7.80. The summed E-state index contributed by atoms with van der Waals surface area (Å²) in [5.74, 6) is 0.496. The Kier molecular flexibility index (Phi) is 1.61. The first-order valence-electron chi connectivity index (χ1n) is 4.11. The Morgan fingerprint density at radius 3 is 2.31 bits per heavy atom. The molecular weight excluding hydrogens is 194 g/mol. The van der Waals surface area contributed by atoms with Gasteiger partial charge in [0.2, 0.25) is 0 Å². The van der Waals surface area contributed by atoms with E-state index in [9.17, 15) is 13.2 Å². The highest BCUT2D eigenvalue weighted by molar-refractivity contribution is 7.92. The van der Waals surface area contributed by atoms with Crippen LogP contribution >= 0.6 is 0 Å². The van der Waals surface area contributed by atoms with Crippen LogP contribution in [0.2, 0.25) is 0 Å². The minimum Gasteiger partial charge on any atom is -0.465 e. The number of hydrogen-bond donors (Lipinski definition) is 2. The fraction of sp³-hybridized carbons (Fsp3) is 0.857. The van der Waals surface area contributed by atoms with Crippen molar-refractivity contribution in [2.24, 2.45) is 5.41 Å². The fourth-order valence-corrected chi connectivity index (χ4v) is 4.64. The van der Waals surface area contributed by atoms with Crippen molar-refractivity contribution in [3.8, 4) is 0 Å². The molecule has 1 aliphatic heterocycles. The lowest BCUT2D eigenvalue weighted by Crippen LogP contribution is -2.62. The molecule has 0 radical (unpaired) electrons. The van der Waals surface area contributed by atoms with Crippen molar-refractivity contribution in [2.75, 3.05) is 11.5 Å². The molecule has 2 rings (SSSR count). The molecule has 0 atom stereocenters. The van der Waals surface area contributed by atoms with Crippen LogP contribution < -0.4 is 5.32 Å². The number of amides is 1. The highest BCUT2D eigenvalue weighted by Gasteiger charge is 2.56. The van der Waals surface area contributed by atoms with Gasteiger partial charge < -0.3 is 10.4 Å². The first-order chi connectivity index (χ1) is 5.91. The van der Waals surface area contributed by atoms with E-state index in [4.69, 9.17) is 5.11 Å². The summed E-state index contributed by atoms with van der Waals surface area (Å²) in [4.78, 5) is 10.2. The molecule has 1 spiro atoms. The molecule has 1 heterocycles. The monoisotopic (exact) mass is 205 g/mol. The highest BCUT2D eigenvalue weighted by Crippen LogP contribution is 2.49. The lowest BCUT2D eigenvalue weighted by atomic mass is 9.67. The van der Waals surface area contributed by atoms with Gasteiger partial charge >= 0.3 is 6.09 Å². The number of carbonyl (C=O) groups is 1. The van der Waals surface area contributed by atoms with Crippen molar-refractivity contribution in [3.63, 3.8) is 0 Å². The summed E-state index contributed by atoms with van der Waals surface area (Å²) in [5, 5.41) is 10.7. The second-order valence-corrected chi connectivity index (χ2v) is 6.15. The molecule has 5 nitrogen and oxygen atoms in total. The normalized spacial score (nSPS) is 28.9. The minimum absolute atomic E-state index is 0.0343. The summed E-state index contributed by atoms with van der Waals surface area (Å²) in [6.45, 7) is 0. The van der Waals surface area contributed by atoms with Gasteiger partial charge in [-0.1, -0.05) is 0 Å². The van der Waals surface area contributed by atoms with E-state index in [-0.39, 0.29) is 23.0 Å². The molecule has 1 aliphatic carbocycles. The van der Waals surface area contributed by atoms with Crippen LogP contribution in [-0.4, -0.2) is 37.2 Å². The van der Waals surface area contributed by atoms with Gasteiger partial charge in [0.15, 0.2) is 9.84 Å². The molecule has 0 aromatic carbocycles. The van der Waals surface area contributed by atoms with Crippen molar-refractivity contribution in [2.45, 2.75) is 18.9 Å². The average Bonchev–Trinajstić information content (AvgIpc) is 1.77. The second kappa shape index (κ2) is 2.37. The Balaban J connectivity index is 1.83. The molecule has 1 saturated heterocycles. The molecule has 0 unspecified atom stereocenters. The first kappa shape index (κ1) is 8.80. The maximum atomic E-state index is 10.9. The van der Waals surface area contributed by atoms with E-state index < -0.39 is 15.9 Å². The molecular formula is C7H11NO4S. The first-order valence-corrected chi connectivity index (χ1v) is 5.93. The third-order valence-corrected chi connectivity index (χ3v) is 4.84. The summed E-state index contributed by atoms with van der Waals surface area (Å²) in [6.07, 6.45) is 0.332. The van der Waals surface area contributed by atoms with E-state index >= 15 is 0 Å². The molecule has 6 heteroatoms. The Bertz CT molecular complexity index is 328. The number of sulfone groups is 1. The lowest BCUT2D eigenvalue weighted by molar-refractivity contribution is 0.109. The smallest absolute Gasteiger partial charge is 0.404 e. The predicted molar refractivity (Wildman–Crippen MR) is 45.3 cm³/mol. The average molecular weight is 205 g/mol. The lowest BCUT2D eigenvalue weighted by Gasteiger charge is -2.52. The van der Waals surface area contributed by atoms with Gasteiger partial charge in [0.1, 0.15) is 0 Å². The van der Waals surface area contributed by atoms with Gasteiger partial charge in [0.05, 0.1) is 11.5 Å². The third kappa shape index (κ3) is 1.50. The number of carboxylic acid groups (broad SMARTS) is 1. The van der Waals surface area contributed by atoms with Crippen molar-refractivity contribution < 1.29 is 18.3 Å². The second-order valence-electron chi connectivity index (χ2n) is 4.09. The SMILES string of the molecule is O=C(O)NC1CC2(C1)CS(=O)(=O)C2. The van der Waals surface area contributed by atoms with Crippen LogP contribution in [0.25, 0.3) is 0 Å². The molecule has 2 aliphatic rings. The topological polar surface area (TPSA) is 83.5 Å². The maximum absolute atomic E-state index is 10.9. The Morgan fingerprint density at radius 2 is 1.92 bits per heavy atom. The minimum atomic E-state index is -2.78. The quantitative estimate of drug-likeness (QED) is 0.622. The van der Waals surface area contributed by atoms with Gasteiger partial charge in [-0.2, -0.15) is 0 Å². The van der Waals surface area contributed by atoms with Crippen LogP contribution in [0.3, 0.4) is 0 Å². The summed E-state index contributed by atoms with van der Waals surface area (Å²) < 4.78 is 21.8. The maximum Gasteiger partial charge on any atom is 0.404 e. The van der Waals surface area contributed by atoms with E-state index in [1.54, 1.807) is 0 Å². The molecule has 0 aromatic rings. The molecule has 2 fully saturated rings. The molecule has 1 amide bonds. The van der Waals surface area contributed by atoms with Crippen LogP contribution in [0.1, 0.15) is 12.8 Å². The van der Waals surface area contributed by atoms with E-state index in [1.165, 1.54) is 0 Å². The van der Waals surface area contributed by atoms with Gasteiger partial charge in [0, 0.05) is 11.5 Å². The van der Waals surface area contributed by atoms with E-state index in [0.29, 0.717) is 12.8 Å². The molecule has 0 aromatic heterocycles. The summed E-state index contributed by atoms with van der Waals surface area (Å²) in [6, 6.07) is -0.0343. The Hall–Kier alpha value is -0.780. The molecule has 13 heavy (non-hydrogen) atoms. The van der Waals surface area contributed by atoms with E-state index in [0.717, 1.165) is 0 Å². The van der Waals surface area contributed by atoms with Crippen LogP contribution in [0.15, 0.2) is 0 Å².